The van der Waals surface area contributed by atoms with Crippen LogP contribution in [0.2, 0.25) is 0 Å². The van der Waals surface area contributed by atoms with E-state index in [2.05, 4.69) is 44.9 Å². The van der Waals surface area contributed by atoms with E-state index < -0.39 is 0 Å². The predicted molar refractivity (Wildman–Crippen MR) is 140 cm³/mol. The highest BCUT2D eigenvalue weighted by Gasteiger charge is 2.20. The average molecular weight is 456 g/mol. The second-order valence-corrected chi connectivity index (χ2v) is 7.99. The lowest BCUT2D eigenvalue weighted by Crippen LogP contribution is -2.27. The molecule has 2 aliphatic carbocycles. The van der Waals surface area contributed by atoms with Gasteiger partial charge in [0.15, 0.2) is 0 Å². The van der Waals surface area contributed by atoms with E-state index in [1.807, 2.05) is 40.0 Å². The third-order valence-electron chi connectivity index (χ3n) is 6.11. The van der Waals surface area contributed by atoms with E-state index in [1.54, 1.807) is 0 Å². The average Bonchev–Trinajstić information content (AvgIpc) is 3.35. The fraction of sp³-hybridized carbons (Fsp3) is 0.556. The second kappa shape index (κ2) is 14.5. The third kappa shape index (κ3) is 7.18. The second-order valence-electron chi connectivity index (χ2n) is 7.99. The number of rotatable bonds is 5. The zero-order valence-electron chi connectivity index (χ0n) is 21.0. The molecule has 0 bridgehead atoms. The van der Waals surface area contributed by atoms with Crippen molar-refractivity contribution in [2.75, 3.05) is 17.8 Å². The van der Waals surface area contributed by atoms with Crippen molar-refractivity contribution in [3.63, 3.8) is 0 Å². The maximum Gasteiger partial charge on any atom is 0.231 e. The molecule has 0 aliphatic heterocycles. The zero-order valence-corrected chi connectivity index (χ0v) is 21.0. The number of alkyl halides is 1. The standard InChI is InChI=1S/C22H27N5.2C2H6.CH3F/c1-2-5-15(6-3-1)16-9-11-18(12-10-16)25-22-26-20-19(13-14-23-20)21(27-22)24-17-7-4-8-17;3*1-2/h9-15,17H,1-8H2,(H3,23,24,25,26,27);2*1-2H3;1H3. The van der Waals surface area contributed by atoms with E-state index in [0.717, 1.165) is 28.5 Å². The molecule has 0 saturated heterocycles. The Hall–Kier alpha value is -2.63. The Kier molecular flexibility index (Phi) is 11.7. The molecule has 0 radical (unpaired) electrons. The molecule has 3 N–H and O–H groups in total. The first-order chi connectivity index (χ1) is 16.3. The zero-order chi connectivity index (χ0) is 24.1. The van der Waals surface area contributed by atoms with Crippen molar-refractivity contribution in [1.29, 1.82) is 0 Å². The fourth-order valence-corrected chi connectivity index (χ4v) is 4.26. The number of hydrogen-bond acceptors (Lipinski definition) is 4. The van der Waals surface area contributed by atoms with E-state index in [9.17, 15) is 4.39 Å². The van der Waals surface area contributed by atoms with Crippen LogP contribution in [0.25, 0.3) is 11.0 Å². The summed E-state index contributed by atoms with van der Waals surface area (Å²) in [7, 11) is 0.500. The van der Waals surface area contributed by atoms with Gasteiger partial charge in [-0.05, 0) is 61.8 Å². The maximum atomic E-state index is 9.50. The molecule has 0 amide bonds. The third-order valence-corrected chi connectivity index (χ3v) is 6.11. The van der Waals surface area contributed by atoms with Crippen molar-refractivity contribution in [2.24, 2.45) is 0 Å². The fourth-order valence-electron chi connectivity index (χ4n) is 4.26. The van der Waals surface area contributed by atoms with Gasteiger partial charge in [-0.25, -0.2) is 0 Å². The summed E-state index contributed by atoms with van der Waals surface area (Å²) in [4.78, 5) is 12.6. The maximum absolute atomic E-state index is 9.50. The van der Waals surface area contributed by atoms with Crippen molar-refractivity contribution in [1.82, 2.24) is 15.0 Å². The Morgan fingerprint density at radius 3 is 2.09 bits per heavy atom. The number of benzene rings is 1. The minimum absolute atomic E-state index is 0.500. The Morgan fingerprint density at radius 1 is 0.818 bits per heavy atom. The van der Waals surface area contributed by atoms with Crippen molar-refractivity contribution in [3.05, 3.63) is 42.1 Å². The highest BCUT2D eigenvalue weighted by atomic mass is 19.1. The molecular weight excluding hydrogens is 413 g/mol. The highest BCUT2D eigenvalue weighted by Crippen LogP contribution is 2.33. The van der Waals surface area contributed by atoms with Crippen LogP contribution in [0.3, 0.4) is 0 Å². The van der Waals surface area contributed by atoms with E-state index in [-0.39, 0.29) is 0 Å². The Labute approximate surface area is 199 Å². The van der Waals surface area contributed by atoms with Gasteiger partial charge in [-0.2, -0.15) is 9.97 Å². The Balaban J connectivity index is 0.000000597. The van der Waals surface area contributed by atoms with E-state index in [4.69, 9.17) is 4.98 Å². The van der Waals surface area contributed by atoms with Gasteiger partial charge in [0, 0.05) is 17.9 Å². The molecule has 5 rings (SSSR count). The number of fused-ring (bicyclic) bond motifs is 1. The normalized spacial score (nSPS) is 15.6. The summed E-state index contributed by atoms with van der Waals surface area (Å²) in [6.45, 7) is 8.00. The molecule has 0 atom stereocenters. The summed E-state index contributed by atoms with van der Waals surface area (Å²) in [5.74, 6) is 2.29. The number of nitrogens with one attached hydrogen (secondary N) is 3. The lowest BCUT2D eigenvalue weighted by Gasteiger charge is -2.27. The highest BCUT2D eigenvalue weighted by molar-refractivity contribution is 5.88. The van der Waals surface area contributed by atoms with Gasteiger partial charge in [-0.1, -0.05) is 59.1 Å². The summed E-state index contributed by atoms with van der Waals surface area (Å²) < 4.78 is 9.50. The van der Waals surface area contributed by atoms with Crippen molar-refractivity contribution in [2.45, 2.75) is 91.0 Å². The molecule has 2 saturated carbocycles. The summed E-state index contributed by atoms with van der Waals surface area (Å²) >= 11 is 0. The summed E-state index contributed by atoms with van der Waals surface area (Å²) in [6.07, 6.45) is 12.5. The molecule has 5 nitrogen and oxygen atoms in total. The van der Waals surface area contributed by atoms with Crippen LogP contribution in [-0.4, -0.2) is 28.2 Å². The summed E-state index contributed by atoms with van der Waals surface area (Å²) in [6, 6.07) is 11.4. The number of nitrogens with zero attached hydrogens (tertiary/aromatic N) is 2. The monoisotopic (exact) mass is 455 g/mol. The Morgan fingerprint density at radius 2 is 1.48 bits per heavy atom. The van der Waals surface area contributed by atoms with Gasteiger partial charge in [-0.3, -0.25) is 4.39 Å². The number of aromatic amines is 1. The predicted octanol–water partition coefficient (Wildman–Crippen LogP) is 8.35. The molecule has 182 valence electrons. The number of aromatic nitrogens is 3. The molecule has 2 fully saturated rings. The Bertz CT molecular complexity index is 912. The molecule has 1 aromatic carbocycles. The van der Waals surface area contributed by atoms with Crippen LogP contribution in [0.5, 0.6) is 0 Å². The van der Waals surface area contributed by atoms with Crippen LogP contribution < -0.4 is 10.6 Å². The topological polar surface area (TPSA) is 65.6 Å². The van der Waals surface area contributed by atoms with Gasteiger partial charge in [0.1, 0.15) is 11.5 Å². The van der Waals surface area contributed by atoms with Gasteiger partial charge >= 0.3 is 0 Å². The molecule has 0 unspecified atom stereocenters. The van der Waals surface area contributed by atoms with Gasteiger partial charge in [0.05, 0.1) is 12.6 Å². The molecule has 6 heteroatoms. The SMILES string of the molecule is CC.CC.CF.c1cc2c(NC3CCC3)nc(Nc3ccc(C4CCCCC4)cc3)nc2[nH]1. The molecule has 2 aromatic heterocycles. The molecule has 0 spiro atoms. The molecule has 2 heterocycles. The lowest BCUT2D eigenvalue weighted by molar-refractivity contribution is 0.443. The van der Waals surface area contributed by atoms with Crippen LogP contribution in [0.15, 0.2) is 36.5 Å². The minimum atomic E-state index is 0.500. The first-order valence-electron chi connectivity index (χ1n) is 12.7. The molecule has 2 aliphatic rings. The van der Waals surface area contributed by atoms with Crippen LogP contribution >= 0.6 is 0 Å². The first-order valence-corrected chi connectivity index (χ1v) is 12.7. The van der Waals surface area contributed by atoms with Gasteiger partial charge in [0.2, 0.25) is 5.95 Å². The summed E-state index contributed by atoms with van der Waals surface area (Å²) in [5, 5.41) is 8.01. The minimum Gasteiger partial charge on any atom is -0.367 e. The van der Waals surface area contributed by atoms with E-state index >= 15 is 0 Å². The lowest BCUT2D eigenvalue weighted by atomic mass is 9.84. The first kappa shape index (κ1) is 26.6. The van der Waals surface area contributed by atoms with Gasteiger partial charge in [-0.15, -0.1) is 0 Å². The van der Waals surface area contributed by atoms with Crippen LogP contribution in [0.1, 0.15) is 90.5 Å². The molecule has 3 aromatic rings. The number of hydrogen-bond donors (Lipinski definition) is 3. The van der Waals surface area contributed by atoms with Crippen molar-refractivity contribution in [3.8, 4) is 0 Å². The number of anilines is 3. The summed E-state index contributed by atoms with van der Waals surface area (Å²) in [5.41, 5.74) is 3.37. The number of H-pyrrole nitrogens is 1. The van der Waals surface area contributed by atoms with Gasteiger partial charge < -0.3 is 15.6 Å². The van der Waals surface area contributed by atoms with Crippen molar-refractivity contribution >= 4 is 28.5 Å². The van der Waals surface area contributed by atoms with Gasteiger partial charge in [0.25, 0.3) is 0 Å². The largest absolute Gasteiger partial charge is 0.367 e. The molecular formula is C27H42FN5. The van der Waals surface area contributed by atoms with E-state index in [1.165, 1.54) is 56.9 Å². The quantitative estimate of drug-likeness (QED) is 0.361. The van der Waals surface area contributed by atoms with Crippen LogP contribution in [0, 0.1) is 0 Å². The number of halogens is 1. The van der Waals surface area contributed by atoms with Crippen LogP contribution in [-0.2, 0) is 0 Å². The molecule has 33 heavy (non-hydrogen) atoms. The van der Waals surface area contributed by atoms with Crippen LogP contribution in [0.4, 0.5) is 21.8 Å². The van der Waals surface area contributed by atoms with E-state index in [0.29, 0.717) is 19.2 Å². The smallest absolute Gasteiger partial charge is 0.231 e. The van der Waals surface area contributed by atoms with Crippen molar-refractivity contribution < 1.29 is 4.39 Å².